The van der Waals surface area contributed by atoms with E-state index in [-0.39, 0.29) is 5.56 Å². The molecule has 0 aliphatic heterocycles. The van der Waals surface area contributed by atoms with Crippen molar-refractivity contribution in [3.8, 4) is 11.1 Å². The lowest BCUT2D eigenvalue weighted by molar-refractivity contribution is -0.147. The molecule has 6 heteroatoms. The third-order valence-corrected chi connectivity index (χ3v) is 4.70. The van der Waals surface area contributed by atoms with Gasteiger partial charge < -0.3 is 4.74 Å². The number of carbonyl (C=O) groups excluding carboxylic acids is 1. The zero-order valence-corrected chi connectivity index (χ0v) is 14.4. The van der Waals surface area contributed by atoms with Crippen LogP contribution in [0, 0.1) is 0 Å². The van der Waals surface area contributed by atoms with Gasteiger partial charge in [0.25, 0.3) is 5.56 Å². The van der Waals surface area contributed by atoms with Crippen LogP contribution in [0.1, 0.15) is 26.3 Å². The first-order chi connectivity index (χ1) is 11.6. The van der Waals surface area contributed by atoms with E-state index in [1.165, 1.54) is 22.2 Å². The summed E-state index contributed by atoms with van der Waals surface area (Å²) < 4.78 is 6.49. The molecular formula is C18H18N2O3S. The van der Waals surface area contributed by atoms with Crippen LogP contribution in [0.2, 0.25) is 0 Å². The minimum absolute atomic E-state index is 0.221. The zero-order valence-electron chi connectivity index (χ0n) is 13.6. The molecule has 1 unspecified atom stereocenters. The van der Waals surface area contributed by atoms with Gasteiger partial charge in [0, 0.05) is 10.9 Å². The molecule has 1 atom stereocenters. The number of nitrogens with zero attached hydrogens (tertiary/aromatic N) is 2. The lowest BCUT2D eigenvalue weighted by Crippen LogP contribution is -2.29. The van der Waals surface area contributed by atoms with Crippen molar-refractivity contribution in [3.05, 3.63) is 52.4 Å². The highest BCUT2D eigenvalue weighted by Gasteiger charge is 2.21. The minimum Gasteiger partial charge on any atom is -0.464 e. The van der Waals surface area contributed by atoms with E-state index in [9.17, 15) is 9.59 Å². The van der Waals surface area contributed by atoms with Crippen molar-refractivity contribution >= 4 is 27.5 Å². The second-order valence-corrected chi connectivity index (χ2v) is 6.35. The van der Waals surface area contributed by atoms with Crippen molar-refractivity contribution in [1.29, 1.82) is 0 Å². The van der Waals surface area contributed by atoms with Crippen molar-refractivity contribution in [2.24, 2.45) is 0 Å². The van der Waals surface area contributed by atoms with Gasteiger partial charge in [-0.15, -0.1) is 11.3 Å². The summed E-state index contributed by atoms with van der Waals surface area (Å²) in [6, 6.07) is 9.00. The third kappa shape index (κ3) is 2.97. The van der Waals surface area contributed by atoms with Gasteiger partial charge >= 0.3 is 5.97 Å². The maximum absolute atomic E-state index is 12.9. The molecule has 0 amide bonds. The molecule has 0 spiro atoms. The van der Waals surface area contributed by atoms with Crippen LogP contribution in [0.5, 0.6) is 0 Å². The number of rotatable bonds is 5. The third-order valence-electron chi connectivity index (χ3n) is 3.81. The first kappa shape index (κ1) is 16.4. The number of fused-ring (bicyclic) bond motifs is 1. The zero-order chi connectivity index (χ0) is 17.1. The molecule has 1 aromatic carbocycles. The Morgan fingerprint density at radius 1 is 1.33 bits per heavy atom. The molecule has 0 aliphatic rings. The van der Waals surface area contributed by atoms with Gasteiger partial charge in [-0.3, -0.25) is 9.36 Å². The summed E-state index contributed by atoms with van der Waals surface area (Å²) >= 11 is 1.43. The molecule has 0 radical (unpaired) electrons. The quantitative estimate of drug-likeness (QED) is 0.664. The molecule has 124 valence electrons. The van der Waals surface area contributed by atoms with E-state index in [2.05, 4.69) is 4.98 Å². The van der Waals surface area contributed by atoms with E-state index < -0.39 is 12.0 Å². The van der Waals surface area contributed by atoms with Crippen LogP contribution in [-0.2, 0) is 9.53 Å². The Balaban J connectivity index is 2.08. The predicted octanol–water partition coefficient (Wildman–Crippen LogP) is 3.64. The molecule has 0 aliphatic carbocycles. The summed E-state index contributed by atoms with van der Waals surface area (Å²) in [5.41, 5.74) is 1.58. The Kier molecular flexibility index (Phi) is 4.76. The predicted molar refractivity (Wildman–Crippen MR) is 95.3 cm³/mol. The summed E-state index contributed by atoms with van der Waals surface area (Å²) in [5, 5.41) is 2.47. The highest BCUT2D eigenvalue weighted by atomic mass is 32.1. The lowest BCUT2D eigenvalue weighted by atomic mass is 10.1. The Labute approximate surface area is 143 Å². The largest absolute Gasteiger partial charge is 0.464 e. The molecule has 0 saturated heterocycles. The molecular weight excluding hydrogens is 324 g/mol. The van der Waals surface area contributed by atoms with E-state index in [4.69, 9.17) is 4.74 Å². The van der Waals surface area contributed by atoms with Gasteiger partial charge in [-0.2, -0.15) is 0 Å². The second kappa shape index (κ2) is 6.97. The van der Waals surface area contributed by atoms with Crippen molar-refractivity contribution in [1.82, 2.24) is 9.55 Å². The molecule has 0 fully saturated rings. The van der Waals surface area contributed by atoms with E-state index in [0.29, 0.717) is 16.8 Å². The summed E-state index contributed by atoms with van der Waals surface area (Å²) in [4.78, 5) is 30.0. The second-order valence-electron chi connectivity index (χ2n) is 5.50. The Morgan fingerprint density at radius 3 is 2.79 bits per heavy atom. The highest BCUT2D eigenvalue weighted by molar-refractivity contribution is 7.17. The minimum atomic E-state index is -0.704. The molecule has 2 aromatic heterocycles. The van der Waals surface area contributed by atoms with Gasteiger partial charge in [0.15, 0.2) is 0 Å². The summed E-state index contributed by atoms with van der Waals surface area (Å²) in [6.45, 7) is 3.93. The highest BCUT2D eigenvalue weighted by Crippen LogP contribution is 2.30. The van der Waals surface area contributed by atoms with E-state index >= 15 is 0 Å². The molecule has 3 rings (SSSR count). The van der Waals surface area contributed by atoms with E-state index in [1.54, 1.807) is 6.92 Å². The maximum atomic E-state index is 12.9. The van der Waals surface area contributed by atoms with Gasteiger partial charge in [-0.25, -0.2) is 9.78 Å². The van der Waals surface area contributed by atoms with Crippen LogP contribution in [0.3, 0.4) is 0 Å². The maximum Gasteiger partial charge on any atom is 0.328 e. The standard InChI is InChI=1S/C18H18N2O3S/c1-3-9-23-18(22)12(2)20-11-19-16-15(17(20)21)14(10-24-16)13-7-5-4-6-8-13/h4-8,10-12H,3,9H2,1-2H3. The fourth-order valence-corrected chi connectivity index (χ4v) is 3.39. The van der Waals surface area contributed by atoms with E-state index in [0.717, 1.165) is 17.5 Å². The van der Waals surface area contributed by atoms with Crippen LogP contribution >= 0.6 is 11.3 Å². The van der Waals surface area contributed by atoms with E-state index in [1.807, 2.05) is 42.6 Å². The molecule has 5 nitrogen and oxygen atoms in total. The van der Waals surface area contributed by atoms with Crippen LogP contribution in [0.4, 0.5) is 0 Å². The average molecular weight is 342 g/mol. The van der Waals surface area contributed by atoms with Crippen LogP contribution in [0.15, 0.2) is 46.8 Å². The number of hydrogen-bond acceptors (Lipinski definition) is 5. The summed E-state index contributed by atoms with van der Waals surface area (Å²) in [5.74, 6) is -0.420. The number of ether oxygens (including phenoxy) is 1. The van der Waals surface area contributed by atoms with Gasteiger partial charge in [-0.1, -0.05) is 37.3 Å². The Hall–Kier alpha value is -2.47. The molecule has 0 saturated carbocycles. The van der Waals surface area contributed by atoms with Crippen LogP contribution in [-0.4, -0.2) is 22.1 Å². The molecule has 0 bridgehead atoms. The fraction of sp³-hybridized carbons (Fsp3) is 0.278. The number of hydrogen-bond donors (Lipinski definition) is 0. The molecule has 24 heavy (non-hydrogen) atoms. The smallest absolute Gasteiger partial charge is 0.328 e. The number of esters is 1. The average Bonchev–Trinajstić information content (AvgIpc) is 3.05. The summed E-state index contributed by atoms with van der Waals surface area (Å²) in [6.07, 6.45) is 2.17. The molecule has 3 aromatic rings. The first-order valence-electron chi connectivity index (χ1n) is 7.84. The van der Waals surface area contributed by atoms with Crippen molar-refractivity contribution < 1.29 is 9.53 Å². The lowest BCUT2D eigenvalue weighted by Gasteiger charge is -2.14. The number of carbonyl (C=O) groups is 1. The van der Waals surface area contributed by atoms with Crippen LogP contribution in [0.25, 0.3) is 21.3 Å². The first-order valence-corrected chi connectivity index (χ1v) is 8.71. The van der Waals surface area contributed by atoms with Gasteiger partial charge in [0.05, 0.1) is 18.3 Å². The number of aromatic nitrogens is 2. The molecule has 0 N–H and O–H groups in total. The van der Waals surface area contributed by atoms with Crippen molar-refractivity contribution in [2.45, 2.75) is 26.3 Å². The monoisotopic (exact) mass is 342 g/mol. The number of thiophene rings is 1. The van der Waals surface area contributed by atoms with Crippen molar-refractivity contribution in [2.75, 3.05) is 6.61 Å². The Morgan fingerprint density at radius 2 is 2.08 bits per heavy atom. The normalized spacial score (nSPS) is 12.2. The topological polar surface area (TPSA) is 61.2 Å². The fourth-order valence-electron chi connectivity index (χ4n) is 2.49. The Bertz CT molecular complexity index is 915. The van der Waals surface area contributed by atoms with Gasteiger partial charge in [0.1, 0.15) is 10.9 Å². The van der Waals surface area contributed by atoms with Crippen molar-refractivity contribution in [3.63, 3.8) is 0 Å². The van der Waals surface area contributed by atoms with Gasteiger partial charge in [-0.05, 0) is 18.9 Å². The van der Waals surface area contributed by atoms with Crippen LogP contribution < -0.4 is 5.56 Å². The molecule has 2 heterocycles. The van der Waals surface area contributed by atoms with Gasteiger partial charge in [0.2, 0.25) is 0 Å². The SMILES string of the molecule is CCCOC(=O)C(C)n1cnc2scc(-c3ccccc3)c2c1=O. The summed E-state index contributed by atoms with van der Waals surface area (Å²) in [7, 11) is 0. The number of benzene rings is 1.